The molecule has 2 aromatic carbocycles. The van der Waals surface area contributed by atoms with Crippen molar-refractivity contribution in [1.29, 1.82) is 0 Å². The van der Waals surface area contributed by atoms with E-state index >= 15 is 0 Å². The van der Waals surface area contributed by atoms with Crippen molar-refractivity contribution >= 4 is 22.6 Å². The minimum Gasteiger partial charge on any atom is -0.334 e. The maximum atomic E-state index is 6.03. The molecule has 0 bridgehead atoms. The van der Waals surface area contributed by atoms with Gasteiger partial charge in [-0.25, -0.2) is 4.68 Å². The van der Waals surface area contributed by atoms with Crippen molar-refractivity contribution in [3.63, 3.8) is 0 Å². The van der Waals surface area contributed by atoms with Crippen molar-refractivity contribution in [2.75, 3.05) is 0 Å². The lowest BCUT2D eigenvalue weighted by molar-refractivity contribution is 0.432. The predicted molar refractivity (Wildman–Crippen MR) is 98.8 cm³/mol. The molecule has 0 saturated heterocycles. The predicted octanol–water partition coefficient (Wildman–Crippen LogP) is 4.92. The molecule has 1 fully saturated rings. The third kappa shape index (κ3) is 2.66. The third-order valence-corrected chi connectivity index (χ3v) is 5.13. The maximum Gasteiger partial charge on any atom is 0.258 e. The molecule has 0 spiro atoms. The second-order valence-corrected chi connectivity index (χ2v) is 7.05. The molecule has 1 saturated carbocycles. The van der Waals surface area contributed by atoms with Gasteiger partial charge in [0.05, 0.1) is 11.6 Å². The highest BCUT2D eigenvalue weighted by molar-refractivity contribution is 6.30. The summed E-state index contributed by atoms with van der Waals surface area (Å²) in [4.78, 5) is 4.49. The molecule has 0 N–H and O–H groups in total. The summed E-state index contributed by atoms with van der Waals surface area (Å²) in [6.07, 6.45) is 4.88. The molecular weight excluding hydrogens is 350 g/mol. The Balaban J connectivity index is 1.50. The summed E-state index contributed by atoms with van der Waals surface area (Å²) in [6.45, 7) is 0. The number of fused-ring (bicyclic) bond motifs is 1. The van der Waals surface area contributed by atoms with Crippen LogP contribution in [-0.4, -0.2) is 25.1 Å². The number of nitrogens with zero attached hydrogens (tertiary/aromatic N) is 5. The van der Waals surface area contributed by atoms with Gasteiger partial charge in [0, 0.05) is 16.1 Å². The average molecular weight is 366 g/mol. The van der Waals surface area contributed by atoms with Crippen LogP contribution in [-0.2, 0) is 0 Å². The fourth-order valence-corrected chi connectivity index (χ4v) is 3.77. The van der Waals surface area contributed by atoms with E-state index in [2.05, 4.69) is 25.1 Å². The molecule has 5 rings (SSSR count). The highest BCUT2D eigenvalue weighted by Gasteiger charge is 2.20. The Labute approximate surface area is 154 Å². The van der Waals surface area contributed by atoms with Gasteiger partial charge in [0.1, 0.15) is 5.52 Å². The topological polar surface area (TPSA) is 69.6 Å². The Morgan fingerprint density at radius 2 is 1.92 bits per heavy atom. The van der Waals surface area contributed by atoms with Crippen LogP contribution in [0.25, 0.3) is 33.9 Å². The Kier molecular flexibility index (Phi) is 3.71. The van der Waals surface area contributed by atoms with Gasteiger partial charge < -0.3 is 4.52 Å². The Morgan fingerprint density at radius 1 is 1.04 bits per heavy atom. The highest BCUT2D eigenvalue weighted by Crippen LogP contribution is 2.32. The summed E-state index contributed by atoms with van der Waals surface area (Å²) >= 11 is 6.03. The van der Waals surface area contributed by atoms with Crippen LogP contribution >= 0.6 is 11.6 Å². The number of hydrogen-bond acceptors (Lipinski definition) is 5. The molecule has 2 heterocycles. The lowest BCUT2D eigenvalue weighted by Gasteiger charge is -2.09. The quantitative estimate of drug-likeness (QED) is 0.515. The average Bonchev–Trinajstić information content (AvgIpc) is 3.40. The molecule has 7 heteroatoms. The minimum atomic E-state index is 0.442. The fraction of sp³-hybridized carbons (Fsp3) is 0.263. The zero-order valence-corrected chi connectivity index (χ0v) is 14.7. The first-order chi connectivity index (χ1) is 12.8. The fourth-order valence-electron chi connectivity index (χ4n) is 3.58. The molecular formula is C19H16ClN5O. The number of rotatable bonds is 3. The van der Waals surface area contributed by atoms with Crippen LogP contribution in [0.15, 0.2) is 47.0 Å². The highest BCUT2D eigenvalue weighted by atomic mass is 35.5. The van der Waals surface area contributed by atoms with E-state index in [1.165, 1.54) is 25.7 Å². The van der Waals surface area contributed by atoms with Crippen molar-refractivity contribution in [2.45, 2.75) is 31.7 Å². The van der Waals surface area contributed by atoms with Crippen LogP contribution < -0.4 is 0 Å². The zero-order valence-electron chi connectivity index (χ0n) is 14.0. The van der Waals surface area contributed by atoms with Crippen LogP contribution in [0, 0.1) is 0 Å². The lowest BCUT2D eigenvalue weighted by Crippen LogP contribution is -2.06. The first kappa shape index (κ1) is 15.5. The van der Waals surface area contributed by atoms with Crippen molar-refractivity contribution in [2.24, 2.45) is 0 Å². The van der Waals surface area contributed by atoms with Gasteiger partial charge in [-0.1, -0.05) is 40.9 Å². The monoisotopic (exact) mass is 365 g/mol. The SMILES string of the molecule is Clc1cccc(-c2nc(-c3ccc4c(c3)nnn4C3CCCC3)no2)c1. The molecule has 0 atom stereocenters. The van der Waals surface area contributed by atoms with Crippen LogP contribution in [0.5, 0.6) is 0 Å². The second kappa shape index (κ2) is 6.21. The number of aromatic nitrogens is 5. The Morgan fingerprint density at radius 3 is 2.77 bits per heavy atom. The van der Waals surface area contributed by atoms with Crippen molar-refractivity contribution in [1.82, 2.24) is 25.1 Å². The molecule has 6 nitrogen and oxygen atoms in total. The van der Waals surface area contributed by atoms with Crippen molar-refractivity contribution in [3.05, 3.63) is 47.5 Å². The molecule has 0 unspecified atom stereocenters. The first-order valence-electron chi connectivity index (χ1n) is 8.73. The summed E-state index contributed by atoms with van der Waals surface area (Å²) < 4.78 is 7.45. The maximum absolute atomic E-state index is 6.03. The van der Waals surface area contributed by atoms with E-state index in [0.29, 0.717) is 22.8 Å². The molecule has 4 aromatic rings. The molecule has 1 aliphatic carbocycles. The smallest absolute Gasteiger partial charge is 0.258 e. The lowest BCUT2D eigenvalue weighted by atomic mass is 10.1. The van der Waals surface area contributed by atoms with Crippen LogP contribution in [0.3, 0.4) is 0 Å². The number of halogens is 1. The van der Waals surface area contributed by atoms with E-state index in [0.717, 1.165) is 22.2 Å². The molecule has 0 aliphatic heterocycles. The molecule has 1 aliphatic rings. The second-order valence-electron chi connectivity index (χ2n) is 6.61. The summed E-state index contributed by atoms with van der Waals surface area (Å²) in [5, 5.41) is 13.4. The van der Waals surface area contributed by atoms with Gasteiger partial charge in [-0.2, -0.15) is 4.98 Å². The zero-order chi connectivity index (χ0) is 17.5. The minimum absolute atomic E-state index is 0.442. The first-order valence-corrected chi connectivity index (χ1v) is 9.11. The molecule has 0 amide bonds. The molecule has 2 aromatic heterocycles. The number of benzene rings is 2. The van der Waals surface area contributed by atoms with Gasteiger partial charge in [-0.05, 0) is 49.2 Å². The summed E-state index contributed by atoms with van der Waals surface area (Å²) in [5.74, 6) is 0.967. The van der Waals surface area contributed by atoms with Gasteiger partial charge in [-0.3, -0.25) is 0 Å². The molecule has 0 radical (unpaired) electrons. The summed E-state index contributed by atoms with van der Waals surface area (Å²) in [7, 11) is 0. The van der Waals surface area contributed by atoms with Gasteiger partial charge in [0.2, 0.25) is 5.82 Å². The van der Waals surface area contributed by atoms with Gasteiger partial charge in [0.25, 0.3) is 5.89 Å². The van der Waals surface area contributed by atoms with E-state index in [1.54, 1.807) is 6.07 Å². The van der Waals surface area contributed by atoms with E-state index in [4.69, 9.17) is 16.1 Å². The third-order valence-electron chi connectivity index (χ3n) is 4.90. The van der Waals surface area contributed by atoms with E-state index in [-0.39, 0.29) is 0 Å². The van der Waals surface area contributed by atoms with Crippen LogP contribution in [0.1, 0.15) is 31.7 Å². The van der Waals surface area contributed by atoms with Crippen LogP contribution in [0.4, 0.5) is 0 Å². The van der Waals surface area contributed by atoms with Crippen molar-refractivity contribution < 1.29 is 4.52 Å². The standard InChI is InChI=1S/C19H16ClN5O/c20-14-5-3-4-13(10-14)19-21-18(23-26-19)12-8-9-17-16(11-12)22-24-25(17)15-6-1-2-7-15/h3-5,8-11,15H,1-2,6-7H2. The van der Waals surface area contributed by atoms with Gasteiger partial charge in [-0.15, -0.1) is 5.10 Å². The van der Waals surface area contributed by atoms with E-state index < -0.39 is 0 Å². The van der Waals surface area contributed by atoms with Gasteiger partial charge in [0.15, 0.2) is 0 Å². The summed E-state index contributed by atoms with van der Waals surface area (Å²) in [6, 6.07) is 13.8. The van der Waals surface area contributed by atoms with Crippen molar-refractivity contribution in [3.8, 4) is 22.8 Å². The normalized spacial score (nSPS) is 15.1. The summed E-state index contributed by atoms with van der Waals surface area (Å²) in [5.41, 5.74) is 3.56. The van der Waals surface area contributed by atoms with Crippen LogP contribution in [0.2, 0.25) is 5.02 Å². The Bertz CT molecular complexity index is 1080. The molecule has 130 valence electrons. The largest absolute Gasteiger partial charge is 0.334 e. The Hall–Kier alpha value is -2.73. The van der Waals surface area contributed by atoms with E-state index in [1.807, 2.05) is 36.4 Å². The molecule has 26 heavy (non-hydrogen) atoms. The van der Waals surface area contributed by atoms with E-state index in [9.17, 15) is 0 Å². The number of hydrogen-bond donors (Lipinski definition) is 0. The van der Waals surface area contributed by atoms with Gasteiger partial charge >= 0.3 is 0 Å².